The van der Waals surface area contributed by atoms with Gasteiger partial charge in [-0.15, -0.1) is 24.0 Å². The molecule has 0 aromatic heterocycles. The van der Waals surface area contributed by atoms with Gasteiger partial charge in [-0.3, -0.25) is 4.99 Å². The zero-order valence-corrected chi connectivity index (χ0v) is 18.3. The molecule has 0 amide bonds. The molecule has 142 valence electrons. The van der Waals surface area contributed by atoms with Crippen LogP contribution in [-0.4, -0.2) is 45.4 Å². The van der Waals surface area contributed by atoms with Crippen LogP contribution in [0.1, 0.15) is 39.2 Å². The Morgan fingerprint density at radius 2 is 2.12 bits per heavy atom. The van der Waals surface area contributed by atoms with Gasteiger partial charge in [0.25, 0.3) is 0 Å². The molecule has 0 spiro atoms. The van der Waals surface area contributed by atoms with Crippen LogP contribution in [0, 0.1) is 0 Å². The fourth-order valence-corrected chi connectivity index (χ4v) is 2.92. The van der Waals surface area contributed by atoms with E-state index in [4.69, 9.17) is 9.47 Å². The lowest BCUT2D eigenvalue weighted by Crippen LogP contribution is -2.48. The Morgan fingerprint density at radius 3 is 2.72 bits per heavy atom. The van der Waals surface area contributed by atoms with Gasteiger partial charge >= 0.3 is 0 Å². The van der Waals surface area contributed by atoms with Gasteiger partial charge in [-0.25, -0.2) is 0 Å². The van der Waals surface area contributed by atoms with Crippen LogP contribution >= 0.6 is 24.0 Å². The Balaban J connectivity index is 0.00000312. The van der Waals surface area contributed by atoms with Crippen molar-refractivity contribution in [2.75, 3.05) is 33.9 Å². The van der Waals surface area contributed by atoms with E-state index in [2.05, 4.69) is 48.5 Å². The van der Waals surface area contributed by atoms with Gasteiger partial charge in [-0.1, -0.05) is 26.0 Å². The normalized spacial score (nSPS) is 20.8. The van der Waals surface area contributed by atoms with Crippen molar-refractivity contribution in [1.82, 2.24) is 10.6 Å². The molecule has 6 heteroatoms. The van der Waals surface area contributed by atoms with E-state index in [1.54, 1.807) is 14.2 Å². The third-order valence-corrected chi connectivity index (χ3v) is 4.70. The first-order chi connectivity index (χ1) is 11.4. The van der Waals surface area contributed by atoms with Gasteiger partial charge in [0.05, 0.1) is 12.7 Å². The molecule has 1 aromatic carbocycles. The van der Waals surface area contributed by atoms with Crippen molar-refractivity contribution < 1.29 is 9.47 Å². The van der Waals surface area contributed by atoms with E-state index in [0.29, 0.717) is 0 Å². The van der Waals surface area contributed by atoms with Crippen LogP contribution < -0.4 is 15.4 Å². The summed E-state index contributed by atoms with van der Waals surface area (Å²) < 4.78 is 11.1. The van der Waals surface area contributed by atoms with Gasteiger partial charge in [-0.2, -0.15) is 0 Å². The lowest BCUT2D eigenvalue weighted by molar-refractivity contribution is 0.0242. The minimum Gasteiger partial charge on any atom is -0.497 e. The van der Waals surface area contributed by atoms with Crippen LogP contribution in [0.5, 0.6) is 5.75 Å². The zero-order valence-electron chi connectivity index (χ0n) is 16.0. The predicted octanol–water partition coefficient (Wildman–Crippen LogP) is 3.32. The standard InChI is InChI=1S/C19H31N3O2.HI/c1-18(2,15-8-6-9-16(12-15)23-5)13-21-17(20-4)22-14-19(3)10-7-11-24-19;/h6,8-9,12H,7,10-11,13-14H2,1-5H3,(H2,20,21,22);1H. The smallest absolute Gasteiger partial charge is 0.191 e. The van der Waals surface area contributed by atoms with Crippen LogP contribution in [0.25, 0.3) is 0 Å². The molecular formula is C19H32IN3O2. The number of benzene rings is 1. The highest BCUT2D eigenvalue weighted by Crippen LogP contribution is 2.26. The maximum absolute atomic E-state index is 5.82. The topological polar surface area (TPSA) is 54.9 Å². The molecule has 25 heavy (non-hydrogen) atoms. The summed E-state index contributed by atoms with van der Waals surface area (Å²) in [4.78, 5) is 4.32. The molecule has 1 fully saturated rings. The lowest BCUT2D eigenvalue weighted by Gasteiger charge is -2.29. The Labute approximate surface area is 169 Å². The van der Waals surface area contributed by atoms with Crippen molar-refractivity contribution in [3.8, 4) is 5.75 Å². The molecule has 1 heterocycles. The van der Waals surface area contributed by atoms with E-state index < -0.39 is 0 Å². The number of halogens is 1. The fraction of sp³-hybridized carbons (Fsp3) is 0.632. The summed E-state index contributed by atoms with van der Waals surface area (Å²) in [6.07, 6.45) is 2.22. The van der Waals surface area contributed by atoms with E-state index in [9.17, 15) is 0 Å². The SMILES string of the molecule is CN=C(NCC1(C)CCCO1)NCC(C)(C)c1cccc(OC)c1.I. The first-order valence-electron chi connectivity index (χ1n) is 8.62. The molecule has 0 bridgehead atoms. The minimum atomic E-state index is -0.0834. The molecule has 2 rings (SSSR count). The number of guanidine groups is 1. The Morgan fingerprint density at radius 1 is 1.36 bits per heavy atom. The molecule has 0 saturated carbocycles. The maximum atomic E-state index is 5.82. The number of methoxy groups -OCH3 is 1. The van der Waals surface area contributed by atoms with Crippen molar-refractivity contribution in [2.24, 2.45) is 4.99 Å². The van der Waals surface area contributed by atoms with Gasteiger partial charge < -0.3 is 20.1 Å². The Kier molecular flexibility index (Phi) is 8.47. The van der Waals surface area contributed by atoms with E-state index in [1.807, 2.05) is 12.1 Å². The van der Waals surface area contributed by atoms with E-state index in [1.165, 1.54) is 5.56 Å². The predicted molar refractivity (Wildman–Crippen MR) is 114 cm³/mol. The van der Waals surface area contributed by atoms with E-state index in [0.717, 1.165) is 44.2 Å². The van der Waals surface area contributed by atoms with Crippen LogP contribution in [0.4, 0.5) is 0 Å². The molecule has 1 unspecified atom stereocenters. The lowest BCUT2D eigenvalue weighted by atomic mass is 9.84. The highest BCUT2D eigenvalue weighted by atomic mass is 127. The summed E-state index contributed by atoms with van der Waals surface area (Å²) in [5.41, 5.74) is 1.11. The molecule has 1 atom stereocenters. The number of aliphatic imine (C=N–C) groups is 1. The quantitative estimate of drug-likeness (QED) is 0.388. The Hall–Kier alpha value is -1.02. The van der Waals surface area contributed by atoms with Crippen LogP contribution in [-0.2, 0) is 10.2 Å². The highest BCUT2D eigenvalue weighted by molar-refractivity contribution is 14.0. The molecule has 0 aliphatic carbocycles. The summed E-state index contributed by atoms with van der Waals surface area (Å²) in [6, 6.07) is 8.22. The van der Waals surface area contributed by atoms with Crippen LogP contribution in [0.2, 0.25) is 0 Å². The molecule has 2 N–H and O–H groups in total. The van der Waals surface area contributed by atoms with Crippen molar-refractivity contribution in [1.29, 1.82) is 0 Å². The molecule has 0 radical (unpaired) electrons. The number of rotatable bonds is 6. The highest BCUT2D eigenvalue weighted by Gasteiger charge is 2.30. The number of hydrogen-bond acceptors (Lipinski definition) is 3. The molecule has 5 nitrogen and oxygen atoms in total. The monoisotopic (exact) mass is 461 g/mol. The summed E-state index contributed by atoms with van der Waals surface area (Å²) >= 11 is 0. The molecular weight excluding hydrogens is 429 g/mol. The summed E-state index contributed by atoms with van der Waals surface area (Å²) in [7, 11) is 3.49. The van der Waals surface area contributed by atoms with Crippen molar-refractivity contribution in [3.05, 3.63) is 29.8 Å². The number of ether oxygens (including phenoxy) is 2. The second-order valence-corrected chi connectivity index (χ2v) is 7.30. The van der Waals surface area contributed by atoms with E-state index in [-0.39, 0.29) is 35.0 Å². The van der Waals surface area contributed by atoms with Crippen molar-refractivity contribution in [2.45, 2.75) is 44.6 Å². The van der Waals surface area contributed by atoms with Crippen molar-refractivity contribution >= 4 is 29.9 Å². The van der Waals surface area contributed by atoms with E-state index >= 15 is 0 Å². The summed E-state index contributed by atoms with van der Waals surface area (Å²) in [6.45, 7) is 8.98. The first kappa shape index (κ1) is 22.0. The summed E-state index contributed by atoms with van der Waals surface area (Å²) in [5, 5.41) is 6.82. The second-order valence-electron chi connectivity index (χ2n) is 7.30. The molecule has 1 saturated heterocycles. The third kappa shape index (κ3) is 6.33. The first-order valence-corrected chi connectivity index (χ1v) is 8.62. The van der Waals surface area contributed by atoms with Gasteiger partial charge in [-0.05, 0) is 37.5 Å². The largest absolute Gasteiger partial charge is 0.497 e. The Bertz CT molecular complexity index is 570. The summed E-state index contributed by atoms with van der Waals surface area (Å²) in [5.74, 6) is 1.69. The maximum Gasteiger partial charge on any atom is 0.191 e. The minimum absolute atomic E-state index is 0. The average Bonchev–Trinajstić information content (AvgIpc) is 3.02. The number of nitrogens with one attached hydrogen (secondary N) is 2. The number of hydrogen-bond donors (Lipinski definition) is 2. The van der Waals surface area contributed by atoms with Gasteiger partial charge in [0.15, 0.2) is 5.96 Å². The number of nitrogens with zero attached hydrogens (tertiary/aromatic N) is 1. The molecule has 1 aromatic rings. The van der Waals surface area contributed by atoms with Crippen LogP contribution in [0.3, 0.4) is 0 Å². The fourth-order valence-electron chi connectivity index (χ4n) is 2.92. The van der Waals surface area contributed by atoms with Crippen LogP contribution in [0.15, 0.2) is 29.3 Å². The van der Waals surface area contributed by atoms with Crippen molar-refractivity contribution in [3.63, 3.8) is 0 Å². The second kappa shape index (κ2) is 9.62. The van der Waals surface area contributed by atoms with Gasteiger partial charge in [0.1, 0.15) is 5.75 Å². The third-order valence-electron chi connectivity index (χ3n) is 4.70. The average molecular weight is 461 g/mol. The van der Waals surface area contributed by atoms with Gasteiger partial charge in [0, 0.05) is 32.2 Å². The molecule has 1 aliphatic rings. The van der Waals surface area contributed by atoms with Gasteiger partial charge in [0.2, 0.25) is 0 Å². The zero-order chi connectivity index (χ0) is 17.6. The molecule has 1 aliphatic heterocycles.